The molecule has 33 heavy (non-hydrogen) atoms. The number of alkyl halides is 3. The first-order chi connectivity index (χ1) is 15.7. The summed E-state index contributed by atoms with van der Waals surface area (Å²) in [7, 11) is 2.55. The van der Waals surface area contributed by atoms with E-state index in [-0.39, 0.29) is 23.3 Å². The van der Waals surface area contributed by atoms with Gasteiger partial charge in [-0.15, -0.1) is 0 Å². The third-order valence-corrected chi connectivity index (χ3v) is 7.60. The van der Waals surface area contributed by atoms with Gasteiger partial charge in [0.2, 0.25) is 5.91 Å². The van der Waals surface area contributed by atoms with Gasteiger partial charge in [0.1, 0.15) is 0 Å². The van der Waals surface area contributed by atoms with Gasteiger partial charge in [0.05, 0.1) is 18.1 Å². The first-order valence-electron chi connectivity index (χ1n) is 11.8. The van der Waals surface area contributed by atoms with Crippen LogP contribution in [-0.4, -0.2) is 56.7 Å². The third-order valence-electron chi connectivity index (χ3n) is 7.60. The molecule has 2 saturated heterocycles. The Kier molecular flexibility index (Phi) is 6.51. The average Bonchev–Trinajstić information content (AvgIpc) is 3.12. The summed E-state index contributed by atoms with van der Waals surface area (Å²) in [5.74, 6) is 0.120. The fraction of sp³-hybridized carbons (Fsp3) is 0.667. The number of benzene rings is 1. The lowest BCUT2D eigenvalue weighted by atomic mass is 9.78. The van der Waals surface area contributed by atoms with Crippen molar-refractivity contribution in [3.8, 4) is 0 Å². The summed E-state index contributed by atoms with van der Waals surface area (Å²) in [6, 6.07) is 4.17. The lowest BCUT2D eigenvalue weighted by Crippen LogP contribution is -2.50. The van der Waals surface area contributed by atoms with Crippen LogP contribution in [0.4, 0.5) is 29.3 Å². The van der Waals surface area contributed by atoms with E-state index in [1.54, 1.807) is 4.90 Å². The second-order valence-corrected chi connectivity index (χ2v) is 9.57. The number of halogens is 3. The number of hydrogen-bond donors (Lipinski definition) is 0. The van der Waals surface area contributed by atoms with Crippen LogP contribution in [0.25, 0.3) is 0 Å². The molecule has 2 aliphatic heterocycles. The van der Waals surface area contributed by atoms with E-state index in [1.807, 2.05) is 4.90 Å². The smallest absolute Gasteiger partial charge is 0.418 e. The van der Waals surface area contributed by atoms with E-state index in [9.17, 15) is 22.8 Å². The Balaban J connectivity index is 1.60. The third kappa shape index (κ3) is 4.51. The van der Waals surface area contributed by atoms with Crippen molar-refractivity contribution in [2.75, 3.05) is 43.6 Å². The summed E-state index contributed by atoms with van der Waals surface area (Å²) >= 11 is 0. The molecule has 1 aliphatic carbocycles. The minimum Gasteiger partial charge on any atom is -0.452 e. The number of ether oxygens (including phenoxy) is 1. The number of piperidine rings is 1. The lowest BCUT2D eigenvalue weighted by molar-refractivity contribution is -0.139. The van der Waals surface area contributed by atoms with Crippen LogP contribution < -0.4 is 9.80 Å². The van der Waals surface area contributed by atoms with Crippen molar-refractivity contribution in [2.45, 2.75) is 63.6 Å². The Labute approximate surface area is 192 Å². The van der Waals surface area contributed by atoms with Gasteiger partial charge in [-0.05, 0) is 50.3 Å². The first-order valence-corrected chi connectivity index (χ1v) is 11.8. The highest BCUT2D eigenvalue weighted by molar-refractivity contribution is 5.88. The zero-order valence-electron chi connectivity index (χ0n) is 19.3. The standard InChI is InChI=1S/C24H32F3N3O3/c1-28(22(32)33-2)18-9-10-20(19(15-18)24(25,26)27)29-13-6-11-23(16-29)12-14-30(21(23)31)17-7-4-3-5-8-17/h9-10,15,17H,3-8,11-14,16H2,1-2H3. The van der Waals surface area contributed by atoms with Crippen LogP contribution in [0.1, 0.15) is 56.9 Å². The van der Waals surface area contributed by atoms with Gasteiger partial charge in [0.25, 0.3) is 0 Å². The molecular weight excluding hydrogens is 435 g/mol. The molecule has 6 nitrogen and oxygen atoms in total. The highest BCUT2D eigenvalue weighted by atomic mass is 19.4. The average molecular weight is 468 g/mol. The molecule has 1 atom stereocenters. The van der Waals surface area contributed by atoms with Gasteiger partial charge in [-0.2, -0.15) is 13.2 Å². The molecule has 1 spiro atoms. The highest BCUT2D eigenvalue weighted by Gasteiger charge is 2.51. The predicted octanol–water partition coefficient (Wildman–Crippen LogP) is 5.06. The van der Waals surface area contributed by atoms with Crippen molar-refractivity contribution >= 4 is 23.4 Å². The topological polar surface area (TPSA) is 53.1 Å². The summed E-state index contributed by atoms with van der Waals surface area (Å²) in [5, 5.41) is 0. The first kappa shape index (κ1) is 23.7. The molecule has 3 fully saturated rings. The number of carbonyl (C=O) groups is 2. The van der Waals surface area contributed by atoms with Crippen LogP contribution >= 0.6 is 0 Å². The molecule has 182 valence electrons. The number of amides is 2. The second kappa shape index (κ2) is 9.06. The number of rotatable bonds is 3. The quantitative estimate of drug-likeness (QED) is 0.624. The van der Waals surface area contributed by atoms with E-state index in [0.29, 0.717) is 32.5 Å². The predicted molar refractivity (Wildman–Crippen MR) is 119 cm³/mol. The van der Waals surface area contributed by atoms with Gasteiger partial charge in [0.15, 0.2) is 0 Å². The summed E-state index contributed by atoms with van der Waals surface area (Å²) in [5.41, 5.74) is -1.25. The molecular formula is C24H32F3N3O3. The number of hydrogen-bond acceptors (Lipinski definition) is 4. The maximum absolute atomic E-state index is 14.0. The lowest BCUT2D eigenvalue weighted by Gasteiger charge is -2.42. The van der Waals surface area contributed by atoms with Crippen LogP contribution in [0.15, 0.2) is 18.2 Å². The SMILES string of the molecule is COC(=O)N(C)c1ccc(N2CCCC3(CCN(C4CCCCC4)C3=O)C2)c(C(F)(F)F)c1. The molecule has 2 amide bonds. The molecule has 0 radical (unpaired) electrons. The van der Waals surface area contributed by atoms with Gasteiger partial charge in [-0.25, -0.2) is 4.79 Å². The normalized spacial score (nSPS) is 24.5. The van der Waals surface area contributed by atoms with Crippen molar-refractivity contribution in [3.63, 3.8) is 0 Å². The van der Waals surface area contributed by atoms with Crippen molar-refractivity contribution < 1.29 is 27.5 Å². The van der Waals surface area contributed by atoms with Crippen LogP contribution in [0.5, 0.6) is 0 Å². The minimum absolute atomic E-state index is 0.0625. The van der Waals surface area contributed by atoms with E-state index in [2.05, 4.69) is 4.74 Å². The number of methoxy groups -OCH3 is 1. The monoisotopic (exact) mass is 467 g/mol. The maximum Gasteiger partial charge on any atom is 0.418 e. The van der Waals surface area contributed by atoms with E-state index in [0.717, 1.165) is 43.1 Å². The molecule has 1 saturated carbocycles. The Morgan fingerprint density at radius 2 is 1.85 bits per heavy atom. The number of carbonyl (C=O) groups excluding carboxylic acids is 2. The van der Waals surface area contributed by atoms with Gasteiger partial charge in [-0.1, -0.05) is 19.3 Å². The van der Waals surface area contributed by atoms with Crippen LogP contribution in [-0.2, 0) is 15.7 Å². The summed E-state index contributed by atoms with van der Waals surface area (Å²) in [4.78, 5) is 30.1. The van der Waals surface area contributed by atoms with Gasteiger partial charge in [0, 0.05) is 44.1 Å². The molecule has 4 rings (SSSR count). The molecule has 3 aliphatic rings. The second-order valence-electron chi connectivity index (χ2n) is 9.57. The van der Waals surface area contributed by atoms with Crippen LogP contribution in [0.2, 0.25) is 0 Å². The fourth-order valence-corrected chi connectivity index (χ4v) is 5.78. The van der Waals surface area contributed by atoms with E-state index in [1.165, 1.54) is 32.7 Å². The zero-order valence-corrected chi connectivity index (χ0v) is 19.3. The van der Waals surface area contributed by atoms with E-state index < -0.39 is 23.2 Å². The number of likely N-dealkylation sites (tertiary alicyclic amines) is 1. The highest BCUT2D eigenvalue weighted by Crippen LogP contribution is 2.46. The Morgan fingerprint density at radius 3 is 2.52 bits per heavy atom. The van der Waals surface area contributed by atoms with Gasteiger partial charge < -0.3 is 14.5 Å². The van der Waals surface area contributed by atoms with Crippen molar-refractivity contribution in [1.82, 2.24) is 4.90 Å². The number of anilines is 2. The Morgan fingerprint density at radius 1 is 1.12 bits per heavy atom. The molecule has 9 heteroatoms. The Hall–Kier alpha value is -2.45. The van der Waals surface area contributed by atoms with Crippen molar-refractivity contribution in [1.29, 1.82) is 0 Å². The molecule has 1 aromatic carbocycles. The minimum atomic E-state index is -4.60. The van der Waals surface area contributed by atoms with Gasteiger partial charge >= 0.3 is 12.3 Å². The number of nitrogens with zero attached hydrogens (tertiary/aromatic N) is 3. The Bertz CT molecular complexity index is 901. The zero-order chi connectivity index (χ0) is 23.8. The molecule has 2 heterocycles. The summed E-state index contributed by atoms with van der Waals surface area (Å²) < 4.78 is 46.8. The largest absolute Gasteiger partial charge is 0.452 e. The molecule has 0 N–H and O–H groups in total. The van der Waals surface area contributed by atoms with Crippen LogP contribution in [0, 0.1) is 5.41 Å². The van der Waals surface area contributed by atoms with Crippen LogP contribution in [0.3, 0.4) is 0 Å². The fourth-order valence-electron chi connectivity index (χ4n) is 5.78. The maximum atomic E-state index is 14.0. The molecule has 1 unspecified atom stereocenters. The van der Waals surface area contributed by atoms with Crippen molar-refractivity contribution in [3.05, 3.63) is 23.8 Å². The van der Waals surface area contributed by atoms with Crippen molar-refractivity contribution in [2.24, 2.45) is 5.41 Å². The van der Waals surface area contributed by atoms with E-state index in [4.69, 9.17) is 0 Å². The molecule has 0 bridgehead atoms. The van der Waals surface area contributed by atoms with Gasteiger partial charge in [-0.3, -0.25) is 9.69 Å². The molecule has 0 aromatic heterocycles. The summed E-state index contributed by atoms with van der Waals surface area (Å²) in [6.45, 7) is 1.46. The molecule has 1 aromatic rings. The summed E-state index contributed by atoms with van der Waals surface area (Å²) in [6.07, 6.45) is 2.28. The van der Waals surface area contributed by atoms with E-state index >= 15 is 0 Å².